The summed E-state index contributed by atoms with van der Waals surface area (Å²) in [7, 11) is 0. The van der Waals surface area contributed by atoms with Gasteiger partial charge in [0.15, 0.2) is 0 Å². The molecule has 210 valence electrons. The van der Waals surface area contributed by atoms with Crippen molar-refractivity contribution in [1.29, 1.82) is 0 Å². The highest BCUT2D eigenvalue weighted by Crippen LogP contribution is 2.54. The largest absolute Gasteiger partial charge is 0.494 e. The lowest BCUT2D eigenvalue weighted by Gasteiger charge is -2.16. The van der Waals surface area contributed by atoms with Gasteiger partial charge >= 0.3 is 6.03 Å². The Kier molecular flexibility index (Phi) is 9.03. The summed E-state index contributed by atoms with van der Waals surface area (Å²) in [6, 6.07) is 0.421. The van der Waals surface area contributed by atoms with E-state index >= 15 is 0 Å². The molecule has 2 bridgehead atoms. The number of carbonyl (C=O) groups is 2. The lowest BCUT2D eigenvalue weighted by Crippen LogP contribution is -2.36. The van der Waals surface area contributed by atoms with E-state index in [1.807, 2.05) is 23.9 Å². The molecule has 2 saturated heterocycles. The third-order valence-corrected chi connectivity index (χ3v) is 9.02. The van der Waals surface area contributed by atoms with Crippen LogP contribution in [-0.4, -0.2) is 82.8 Å². The van der Waals surface area contributed by atoms with Crippen LogP contribution >= 0.6 is 11.8 Å². The monoisotopic (exact) mass is 550 g/mol. The predicted octanol–water partition coefficient (Wildman–Crippen LogP) is 2.24. The van der Waals surface area contributed by atoms with Crippen molar-refractivity contribution in [1.82, 2.24) is 20.5 Å². The van der Waals surface area contributed by atoms with Gasteiger partial charge in [0.05, 0.1) is 36.4 Å². The highest BCUT2D eigenvalue weighted by Gasteiger charge is 2.43. The van der Waals surface area contributed by atoms with Crippen LogP contribution in [0.15, 0.2) is 12.2 Å². The molecule has 0 aromatic carbocycles. The number of ether oxygens (including phenoxy) is 3. The molecule has 5 rings (SSSR count). The van der Waals surface area contributed by atoms with Crippen molar-refractivity contribution in [3.05, 3.63) is 23.3 Å². The second-order valence-electron chi connectivity index (χ2n) is 10.1. The Balaban J connectivity index is 0.822. The number of unbranched alkanes of at least 4 members (excludes halogenated alkanes) is 1. The second-order valence-corrected chi connectivity index (χ2v) is 11.4. The van der Waals surface area contributed by atoms with E-state index in [0.29, 0.717) is 62.3 Å². The van der Waals surface area contributed by atoms with Crippen LogP contribution in [0.5, 0.6) is 11.8 Å². The number of aromatic nitrogens is 1. The van der Waals surface area contributed by atoms with Gasteiger partial charge in [0, 0.05) is 43.8 Å². The zero-order chi connectivity index (χ0) is 26.5. The Morgan fingerprint density at radius 1 is 1.03 bits per heavy atom. The number of nitrogens with one attached hydrogen (secondary N) is 3. The molecule has 0 spiro atoms. The smallest absolute Gasteiger partial charge is 0.315 e. The third-order valence-electron chi connectivity index (χ3n) is 7.51. The predicted molar refractivity (Wildman–Crippen MR) is 141 cm³/mol. The minimum absolute atomic E-state index is 0.0487. The van der Waals surface area contributed by atoms with Crippen LogP contribution < -0.4 is 16.0 Å². The molecular formula is C26H38N4O7S. The minimum atomic E-state index is -0.273. The molecule has 1 aromatic heterocycles. The number of hydrogen-bond donors (Lipinski definition) is 5. The molecule has 1 aromatic rings. The van der Waals surface area contributed by atoms with Crippen LogP contribution in [0.25, 0.3) is 0 Å². The highest BCUT2D eigenvalue weighted by atomic mass is 32.2. The summed E-state index contributed by atoms with van der Waals surface area (Å²) in [5.41, 5.74) is 1.32. The van der Waals surface area contributed by atoms with Gasteiger partial charge in [0.25, 0.3) is 0 Å². The van der Waals surface area contributed by atoms with E-state index < -0.39 is 0 Å². The van der Waals surface area contributed by atoms with Crippen LogP contribution in [0, 0.1) is 0 Å². The van der Waals surface area contributed by atoms with Gasteiger partial charge in [-0.2, -0.15) is 11.8 Å². The van der Waals surface area contributed by atoms with Crippen molar-refractivity contribution >= 4 is 23.7 Å². The molecule has 11 nitrogen and oxygen atoms in total. The van der Waals surface area contributed by atoms with E-state index in [-0.39, 0.29) is 48.0 Å². The summed E-state index contributed by atoms with van der Waals surface area (Å²) in [5, 5.41) is 30.2. The standard InChI is InChI=1S/C26H38N4O7S/c31-20(6-2-1-5-19-23-16(15-38-19)28-26(34)29-23)27-9-3-11-35-12-4-13-36-14-10-30-24(32)21-17-7-8-18(37-17)22(21)25(30)33/h7-8,16-19,23,32-33H,1-6,9-15H2,(H,27,31)(H2,28,29,34). The van der Waals surface area contributed by atoms with Crippen LogP contribution in [0.1, 0.15) is 61.9 Å². The van der Waals surface area contributed by atoms with E-state index in [1.165, 1.54) is 4.57 Å². The van der Waals surface area contributed by atoms with Crippen molar-refractivity contribution in [2.75, 3.05) is 38.7 Å². The van der Waals surface area contributed by atoms with E-state index in [9.17, 15) is 19.8 Å². The second kappa shape index (κ2) is 12.6. The van der Waals surface area contributed by atoms with Gasteiger partial charge in [-0.15, -0.1) is 0 Å². The maximum Gasteiger partial charge on any atom is 0.315 e. The molecule has 4 aliphatic heterocycles. The zero-order valence-corrected chi connectivity index (χ0v) is 22.3. The molecule has 2 fully saturated rings. The normalized spacial score (nSPS) is 26.4. The number of nitrogens with zero attached hydrogens (tertiary/aromatic N) is 1. The van der Waals surface area contributed by atoms with Gasteiger partial charge in [-0.1, -0.05) is 18.6 Å². The average Bonchev–Trinajstić information content (AvgIpc) is 3.71. The Morgan fingerprint density at radius 3 is 2.50 bits per heavy atom. The first-order valence-electron chi connectivity index (χ1n) is 13.6. The fourth-order valence-electron chi connectivity index (χ4n) is 5.57. The Labute approximate surface area is 226 Å². The fourth-order valence-corrected chi connectivity index (χ4v) is 7.11. The fraction of sp³-hybridized carbons (Fsp3) is 0.692. The van der Waals surface area contributed by atoms with Crippen LogP contribution in [-0.2, 0) is 25.5 Å². The van der Waals surface area contributed by atoms with E-state index in [4.69, 9.17) is 14.2 Å². The third kappa shape index (κ3) is 6.08. The molecule has 38 heavy (non-hydrogen) atoms. The van der Waals surface area contributed by atoms with Crippen LogP contribution in [0.2, 0.25) is 0 Å². The topological polar surface area (TPSA) is 143 Å². The number of aromatic hydroxyl groups is 2. The van der Waals surface area contributed by atoms with Crippen molar-refractivity contribution in [3.8, 4) is 11.8 Å². The molecule has 5 unspecified atom stereocenters. The molecule has 5 heterocycles. The maximum atomic E-state index is 12.0. The molecule has 0 radical (unpaired) electrons. The van der Waals surface area contributed by atoms with E-state index in [1.54, 1.807) is 0 Å². The molecule has 12 heteroatoms. The first-order valence-corrected chi connectivity index (χ1v) is 14.7. The number of hydrogen-bond acceptors (Lipinski definition) is 8. The molecule has 3 amide bonds. The van der Waals surface area contributed by atoms with Gasteiger partial charge in [-0.05, 0) is 25.7 Å². The van der Waals surface area contributed by atoms with Crippen LogP contribution in [0.4, 0.5) is 4.79 Å². The van der Waals surface area contributed by atoms with Crippen molar-refractivity contribution in [2.45, 2.75) is 74.6 Å². The quantitative estimate of drug-likeness (QED) is 0.120. The van der Waals surface area contributed by atoms with Crippen molar-refractivity contribution in [3.63, 3.8) is 0 Å². The SMILES string of the molecule is O=C(CCCCC1SCC2NC(=O)NC21)NCCCOCCCOCCn1c(O)c2c(c1O)C1C=CC2O1. The summed E-state index contributed by atoms with van der Waals surface area (Å²) in [5.74, 6) is 1.14. The van der Waals surface area contributed by atoms with Crippen molar-refractivity contribution in [2.24, 2.45) is 0 Å². The summed E-state index contributed by atoms with van der Waals surface area (Å²) >= 11 is 1.91. The van der Waals surface area contributed by atoms with Gasteiger partial charge in [0.2, 0.25) is 17.7 Å². The number of fused-ring (bicyclic) bond motifs is 6. The molecular weight excluding hydrogens is 512 g/mol. The molecule has 5 atom stereocenters. The van der Waals surface area contributed by atoms with E-state index in [0.717, 1.165) is 37.9 Å². The summed E-state index contributed by atoms with van der Waals surface area (Å²) in [6.45, 7) is 3.02. The number of thioether (sulfide) groups is 1. The lowest BCUT2D eigenvalue weighted by molar-refractivity contribution is -0.121. The molecule has 4 aliphatic rings. The molecule has 0 aliphatic carbocycles. The Hall–Kier alpha value is -2.41. The summed E-state index contributed by atoms with van der Waals surface area (Å²) in [6.07, 6.45) is 8.14. The molecule has 5 N–H and O–H groups in total. The zero-order valence-electron chi connectivity index (χ0n) is 21.5. The number of carbonyl (C=O) groups excluding carboxylic acids is 2. The van der Waals surface area contributed by atoms with Gasteiger partial charge in [-0.25, -0.2) is 4.79 Å². The van der Waals surface area contributed by atoms with Crippen LogP contribution in [0.3, 0.4) is 0 Å². The van der Waals surface area contributed by atoms with E-state index in [2.05, 4.69) is 16.0 Å². The first kappa shape index (κ1) is 27.2. The number of amides is 3. The Morgan fingerprint density at radius 2 is 1.74 bits per heavy atom. The minimum Gasteiger partial charge on any atom is -0.494 e. The van der Waals surface area contributed by atoms with Gasteiger partial charge in [0.1, 0.15) is 12.2 Å². The van der Waals surface area contributed by atoms with Gasteiger partial charge < -0.3 is 40.4 Å². The highest BCUT2D eigenvalue weighted by molar-refractivity contribution is 8.00. The van der Waals surface area contributed by atoms with Gasteiger partial charge in [-0.3, -0.25) is 9.36 Å². The summed E-state index contributed by atoms with van der Waals surface area (Å²) < 4.78 is 18.4. The van der Waals surface area contributed by atoms with Crippen molar-refractivity contribution < 1.29 is 34.0 Å². The maximum absolute atomic E-state index is 12.0. The summed E-state index contributed by atoms with van der Waals surface area (Å²) in [4.78, 5) is 23.5. The lowest BCUT2D eigenvalue weighted by atomic mass is 10.0. The first-order chi connectivity index (χ1) is 18.5. The number of urea groups is 1. The average molecular weight is 551 g/mol. The number of rotatable bonds is 16. The Bertz CT molecular complexity index is 996. The molecule has 0 saturated carbocycles.